The van der Waals surface area contributed by atoms with Crippen LogP contribution < -0.4 is 9.13 Å². The van der Waals surface area contributed by atoms with Crippen LogP contribution in [0.25, 0.3) is 45.0 Å². The predicted octanol–water partition coefficient (Wildman–Crippen LogP) is 5.70. The van der Waals surface area contributed by atoms with Gasteiger partial charge < -0.3 is 0 Å². The van der Waals surface area contributed by atoms with E-state index in [1.807, 2.05) is 48.0 Å². The minimum absolute atomic E-state index is 0.805. The van der Waals surface area contributed by atoms with Crippen LogP contribution in [0.5, 0.6) is 0 Å². The molecule has 1 aromatic carbocycles. The molecule has 0 radical (unpaired) electrons. The Morgan fingerprint density at radius 3 is 1.58 bits per heavy atom. The summed E-state index contributed by atoms with van der Waals surface area (Å²) in [5, 5.41) is 0. The average Bonchev–Trinajstić information content (AvgIpc) is 2.99. The zero-order valence-corrected chi connectivity index (χ0v) is 21.1. The van der Waals surface area contributed by atoms with E-state index in [4.69, 9.17) is 4.98 Å². The molecule has 5 aromatic heterocycles. The zero-order chi connectivity index (χ0) is 25.7. The van der Waals surface area contributed by atoms with Crippen molar-refractivity contribution in [2.24, 2.45) is 7.05 Å². The van der Waals surface area contributed by atoms with Crippen molar-refractivity contribution in [3.63, 3.8) is 0 Å². The summed E-state index contributed by atoms with van der Waals surface area (Å²) in [5.41, 5.74) is 9.21. The van der Waals surface area contributed by atoms with Gasteiger partial charge in [-0.05, 0) is 58.7 Å². The third kappa shape index (κ3) is 5.22. The molecule has 6 aromatic rings. The Morgan fingerprint density at radius 2 is 1.05 bits per heavy atom. The lowest BCUT2D eigenvalue weighted by Gasteiger charge is -2.10. The van der Waals surface area contributed by atoms with Crippen LogP contribution in [0.2, 0.25) is 0 Å². The molecule has 0 atom stereocenters. The van der Waals surface area contributed by atoms with Gasteiger partial charge in [0.1, 0.15) is 7.05 Å². The fourth-order valence-electron chi connectivity index (χ4n) is 4.45. The Morgan fingerprint density at radius 1 is 0.526 bits per heavy atom. The van der Waals surface area contributed by atoms with Crippen LogP contribution in [0, 0.1) is 0 Å². The second-order valence-electron chi connectivity index (χ2n) is 9.26. The van der Waals surface area contributed by atoms with Crippen LogP contribution in [0.1, 0.15) is 5.56 Å². The highest BCUT2D eigenvalue weighted by Gasteiger charge is 2.11. The van der Waals surface area contributed by atoms with Crippen LogP contribution in [-0.2, 0) is 13.6 Å². The molecule has 0 saturated heterocycles. The number of nitrogens with zero attached hydrogens (tertiary/aromatic N) is 5. The van der Waals surface area contributed by atoms with Gasteiger partial charge in [0.05, 0.1) is 22.8 Å². The molecule has 5 heteroatoms. The molecule has 0 aliphatic rings. The predicted molar refractivity (Wildman–Crippen MR) is 148 cm³/mol. The molecule has 5 heterocycles. The number of aromatic nitrogens is 5. The number of hydrogen-bond acceptors (Lipinski definition) is 3. The number of pyridine rings is 5. The van der Waals surface area contributed by atoms with Crippen LogP contribution in [0.4, 0.5) is 0 Å². The van der Waals surface area contributed by atoms with Crippen molar-refractivity contribution in [3.8, 4) is 45.0 Å². The fourth-order valence-corrected chi connectivity index (χ4v) is 4.45. The van der Waals surface area contributed by atoms with Gasteiger partial charge in [0.25, 0.3) is 0 Å². The van der Waals surface area contributed by atoms with E-state index in [2.05, 4.69) is 100.0 Å². The lowest BCUT2D eigenvalue weighted by atomic mass is 10.0. The maximum absolute atomic E-state index is 4.88. The molecule has 0 aliphatic carbocycles. The molecule has 0 saturated carbocycles. The van der Waals surface area contributed by atoms with E-state index in [9.17, 15) is 0 Å². The summed E-state index contributed by atoms with van der Waals surface area (Å²) in [5.74, 6) is 0. The average molecular weight is 494 g/mol. The van der Waals surface area contributed by atoms with E-state index < -0.39 is 0 Å². The minimum atomic E-state index is 0.805. The molecule has 0 spiro atoms. The summed E-state index contributed by atoms with van der Waals surface area (Å²) >= 11 is 0. The molecular formula is C33H27N5+2. The van der Waals surface area contributed by atoms with E-state index in [1.165, 1.54) is 16.7 Å². The number of hydrogen-bond donors (Lipinski definition) is 0. The van der Waals surface area contributed by atoms with Crippen LogP contribution in [0.3, 0.4) is 0 Å². The molecule has 182 valence electrons. The highest BCUT2D eigenvalue weighted by atomic mass is 14.9. The van der Waals surface area contributed by atoms with E-state index in [-0.39, 0.29) is 0 Å². The first kappa shape index (κ1) is 23.4. The second-order valence-corrected chi connectivity index (χ2v) is 9.26. The molecule has 0 bridgehead atoms. The van der Waals surface area contributed by atoms with E-state index in [0.29, 0.717) is 0 Å². The normalized spacial score (nSPS) is 10.9. The number of rotatable bonds is 6. The van der Waals surface area contributed by atoms with Crippen LogP contribution >= 0.6 is 0 Å². The standard InChI is InChI=1S/C33H27N5/c1-37-18-12-27(13-19-37)28-14-20-38(21-15-28)24-25-8-10-26(11-9-25)29-22-32(30-6-2-4-16-34-30)36-33(23-29)31-7-3-5-17-35-31/h2-23H,24H2,1H3/q+2. The van der Waals surface area contributed by atoms with Gasteiger partial charge in [-0.25, -0.2) is 14.1 Å². The third-order valence-corrected chi connectivity index (χ3v) is 6.54. The summed E-state index contributed by atoms with van der Waals surface area (Å²) in [6.45, 7) is 0.805. The molecule has 0 aliphatic heterocycles. The smallest absolute Gasteiger partial charge is 0.173 e. The lowest BCUT2D eigenvalue weighted by molar-refractivity contribution is -0.688. The lowest BCUT2D eigenvalue weighted by Crippen LogP contribution is -2.33. The van der Waals surface area contributed by atoms with Crippen molar-refractivity contribution < 1.29 is 9.13 Å². The molecule has 0 unspecified atom stereocenters. The zero-order valence-electron chi connectivity index (χ0n) is 21.1. The molecule has 0 N–H and O–H groups in total. The van der Waals surface area contributed by atoms with Gasteiger partial charge in [-0.3, -0.25) is 9.97 Å². The summed E-state index contributed by atoms with van der Waals surface area (Å²) < 4.78 is 4.24. The first-order chi connectivity index (χ1) is 18.7. The Bertz CT molecular complexity index is 1590. The number of benzene rings is 1. The third-order valence-electron chi connectivity index (χ3n) is 6.54. The van der Waals surface area contributed by atoms with Gasteiger partial charge in [-0.15, -0.1) is 0 Å². The van der Waals surface area contributed by atoms with Crippen molar-refractivity contribution in [1.29, 1.82) is 0 Å². The topological polar surface area (TPSA) is 46.4 Å². The van der Waals surface area contributed by atoms with Gasteiger partial charge in [0.15, 0.2) is 31.3 Å². The van der Waals surface area contributed by atoms with Crippen LogP contribution in [0.15, 0.2) is 134 Å². The second kappa shape index (κ2) is 10.5. The Kier molecular flexibility index (Phi) is 6.48. The van der Waals surface area contributed by atoms with Crippen LogP contribution in [-0.4, -0.2) is 15.0 Å². The SMILES string of the molecule is C[n+]1ccc(-c2cc[n+](Cc3ccc(-c4cc(-c5ccccn5)nc(-c5ccccn5)c4)cc3)cc2)cc1. The molecule has 0 fully saturated rings. The van der Waals surface area contributed by atoms with Gasteiger partial charge in [-0.1, -0.05) is 36.4 Å². The van der Waals surface area contributed by atoms with Crippen molar-refractivity contribution in [2.45, 2.75) is 6.54 Å². The van der Waals surface area contributed by atoms with Gasteiger partial charge >= 0.3 is 0 Å². The Hall–Kier alpha value is -5.03. The highest BCUT2D eigenvalue weighted by Crippen LogP contribution is 2.29. The maximum atomic E-state index is 4.88. The molecule has 6 rings (SSSR count). The maximum Gasteiger partial charge on any atom is 0.173 e. The quantitative estimate of drug-likeness (QED) is 0.280. The summed E-state index contributed by atoms with van der Waals surface area (Å²) in [6, 6.07) is 33.3. The summed E-state index contributed by atoms with van der Waals surface area (Å²) in [6.07, 6.45) is 12.0. The summed E-state index contributed by atoms with van der Waals surface area (Å²) in [7, 11) is 2.03. The van der Waals surface area contributed by atoms with Crippen molar-refractivity contribution in [2.75, 3.05) is 0 Å². The van der Waals surface area contributed by atoms with Gasteiger partial charge in [0, 0.05) is 42.2 Å². The van der Waals surface area contributed by atoms with E-state index in [1.54, 1.807) is 12.4 Å². The first-order valence-electron chi connectivity index (χ1n) is 12.6. The first-order valence-corrected chi connectivity index (χ1v) is 12.6. The number of aryl methyl sites for hydroxylation is 1. The van der Waals surface area contributed by atoms with E-state index >= 15 is 0 Å². The van der Waals surface area contributed by atoms with Crippen molar-refractivity contribution in [3.05, 3.63) is 140 Å². The van der Waals surface area contributed by atoms with Crippen molar-refractivity contribution >= 4 is 0 Å². The molecular weight excluding hydrogens is 466 g/mol. The fraction of sp³-hybridized carbons (Fsp3) is 0.0606. The van der Waals surface area contributed by atoms with Gasteiger partial charge in [0.2, 0.25) is 0 Å². The largest absolute Gasteiger partial charge is 0.255 e. The minimum Gasteiger partial charge on any atom is -0.255 e. The molecule has 5 nitrogen and oxygen atoms in total. The van der Waals surface area contributed by atoms with E-state index in [0.717, 1.165) is 40.4 Å². The molecule has 38 heavy (non-hydrogen) atoms. The highest BCUT2D eigenvalue weighted by molar-refractivity contribution is 5.74. The monoisotopic (exact) mass is 493 g/mol. The summed E-state index contributed by atoms with van der Waals surface area (Å²) in [4.78, 5) is 13.9. The molecule has 0 amide bonds. The van der Waals surface area contributed by atoms with Gasteiger partial charge in [-0.2, -0.15) is 0 Å². The van der Waals surface area contributed by atoms with Crippen molar-refractivity contribution in [1.82, 2.24) is 15.0 Å². The Labute approximate surface area is 222 Å². The Balaban J connectivity index is 1.26.